The first kappa shape index (κ1) is 19.0. The van der Waals surface area contributed by atoms with Crippen LogP contribution in [0, 0.1) is 5.92 Å². The maximum absolute atomic E-state index is 12.6. The van der Waals surface area contributed by atoms with Crippen LogP contribution in [0.25, 0.3) is 0 Å². The molecule has 1 heterocycles. The van der Waals surface area contributed by atoms with Gasteiger partial charge in [0.25, 0.3) is 0 Å². The Hall–Kier alpha value is -1.75. The summed E-state index contributed by atoms with van der Waals surface area (Å²) in [5, 5.41) is 3.19. The number of benzene rings is 1. The molecule has 0 saturated heterocycles. The highest BCUT2D eigenvalue weighted by molar-refractivity contribution is 5.81. The van der Waals surface area contributed by atoms with Crippen molar-refractivity contribution in [1.29, 1.82) is 0 Å². The molecule has 5 heteroatoms. The van der Waals surface area contributed by atoms with Crippen LogP contribution in [0.5, 0.6) is 11.5 Å². The summed E-state index contributed by atoms with van der Waals surface area (Å²) in [6.45, 7) is 4.51. The van der Waals surface area contributed by atoms with Crippen LogP contribution < -0.4 is 14.8 Å². The fourth-order valence-corrected chi connectivity index (χ4v) is 4.19. The highest BCUT2D eigenvalue weighted by atomic mass is 16.5. The van der Waals surface area contributed by atoms with E-state index in [4.69, 9.17) is 9.47 Å². The normalized spacial score (nSPS) is 19.5. The van der Waals surface area contributed by atoms with Crippen LogP contribution in [-0.2, 0) is 17.8 Å². The van der Waals surface area contributed by atoms with E-state index in [-0.39, 0.29) is 11.9 Å². The van der Waals surface area contributed by atoms with E-state index in [9.17, 15) is 4.79 Å². The van der Waals surface area contributed by atoms with Crippen molar-refractivity contribution in [2.24, 2.45) is 5.92 Å². The Morgan fingerprint density at radius 3 is 2.46 bits per heavy atom. The van der Waals surface area contributed by atoms with E-state index in [2.05, 4.69) is 16.3 Å². The number of carbonyl (C=O) groups is 1. The van der Waals surface area contributed by atoms with Gasteiger partial charge >= 0.3 is 0 Å². The average Bonchev–Trinajstić information content (AvgIpc) is 2.70. The molecule has 1 saturated carbocycles. The van der Waals surface area contributed by atoms with Crippen LogP contribution >= 0.6 is 0 Å². The predicted octanol–water partition coefficient (Wildman–Crippen LogP) is 3.15. The zero-order valence-corrected chi connectivity index (χ0v) is 16.3. The van der Waals surface area contributed by atoms with Crippen LogP contribution in [-0.4, -0.2) is 44.2 Å². The minimum absolute atomic E-state index is 0.111. The number of nitrogens with zero attached hydrogens (tertiary/aromatic N) is 1. The molecule has 3 rings (SSSR count). The van der Waals surface area contributed by atoms with Crippen molar-refractivity contribution in [2.45, 2.75) is 58.0 Å². The van der Waals surface area contributed by atoms with Crippen molar-refractivity contribution in [3.8, 4) is 11.5 Å². The molecule has 1 aromatic rings. The molecule has 2 aliphatic rings. The van der Waals surface area contributed by atoms with Crippen LogP contribution in [0.3, 0.4) is 0 Å². The van der Waals surface area contributed by atoms with Crippen molar-refractivity contribution in [3.05, 3.63) is 23.3 Å². The minimum Gasteiger partial charge on any atom is -0.493 e. The largest absolute Gasteiger partial charge is 0.493 e. The summed E-state index contributed by atoms with van der Waals surface area (Å²) in [7, 11) is 3.32. The number of hydrogen-bond donors (Lipinski definition) is 1. The number of carbonyl (C=O) groups excluding carboxylic acids is 1. The first-order valence-corrected chi connectivity index (χ1v) is 9.88. The zero-order chi connectivity index (χ0) is 18.5. The van der Waals surface area contributed by atoms with E-state index < -0.39 is 0 Å². The molecule has 0 aromatic heterocycles. The smallest absolute Gasteiger partial charge is 0.237 e. The predicted molar refractivity (Wildman–Crippen MR) is 103 cm³/mol. The molecule has 1 aromatic carbocycles. The number of ether oxygens (including phenoxy) is 2. The Kier molecular flexibility index (Phi) is 6.41. The summed E-state index contributed by atoms with van der Waals surface area (Å²) >= 11 is 0. The zero-order valence-electron chi connectivity index (χ0n) is 16.3. The van der Waals surface area contributed by atoms with Crippen LogP contribution in [0.4, 0.5) is 0 Å². The fraction of sp³-hybridized carbons (Fsp3) is 0.667. The molecule has 1 N–H and O–H groups in total. The van der Waals surface area contributed by atoms with Gasteiger partial charge in [0, 0.05) is 19.6 Å². The van der Waals surface area contributed by atoms with Crippen molar-refractivity contribution >= 4 is 5.91 Å². The van der Waals surface area contributed by atoms with Crippen molar-refractivity contribution < 1.29 is 14.3 Å². The summed E-state index contributed by atoms with van der Waals surface area (Å²) in [4.78, 5) is 14.9. The highest BCUT2D eigenvalue weighted by Crippen LogP contribution is 2.33. The monoisotopic (exact) mass is 360 g/mol. The molecule has 0 radical (unpaired) electrons. The second-order valence-electron chi connectivity index (χ2n) is 7.62. The van der Waals surface area contributed by atoms with E-state index in [0.29, 0.717) is 5.92 Å². The summed E-state index contributed by atoms with van der Waals surface area (Å²) in [5.74, 6) is 2.35. The molecule has 0 spiro atoms. The molecule has 1 aliphatic heterocycles. The van der Waals surface area contributed by atoms with Gasteiger partial charge in [-0.2, -0.15) is 0 Å². The summed E-state index contributed by atoms with van der Waals surface area (Å²) in [6, 6.07) is 4.01. The van der Waals surface area contributed by atoms with Crippen molar-refractivity contribution in [2.75, 3.05) is 27.3 Å². The molecular formula is C21H32N2O3. The van der Waals surface area contributed by atoms with Gasteiger partial charge in [-0.15, -0.1) is 0 Å². The molecule has 1 fully saturated rings. The van der Waals surface area contributed by atoms with Crippen molar-refractivity contribution in [3.63, 3.8) is 0 Å². The lowest BCUT2D eigenvalue weighted by Crippen LogP contribution is -2.48. The number of methoxy groups -OCH3 is 2. The third kappa shape index (κ3) is 4.32. The van der Waals surface area contributed by atoms with Gasteiger partial charge in [0.15, 0.2) is 11.5 Å². The molecule has 5 nitrogen and oxygen atoms in total. The van der Waals surface area contributed by atoms with Gasteiger partial charge in [0.1, 0.15) is 0 Å². The van der Waals surface area contributed by atoms with E-state index in [0.717, 1.165) is 37.6 Å². The Morgan fingerprint density at radius 2 is 1.81 bits per heavy atom. The van der Waals surface area contributed by atoms with E-state index >= 15 is 0 Å². The Balaban J connectivity index is 1.59. The minimum atomic E-state index is -0.111. The van der Waals surface area contributed by atoms with Gasteiger partial charge < -0.3 is 14.8 Å². The lowest BCUT2D eigenvalue weighted by Gasteiger charge is -2.33. The maximum Gasteiger partial charge on any atom is 0.237 e. The Morgan fingerprint density at radius 1 is 1.15 bits per heavy atom. The molecule has 1 aliphatic carbocycles. The van der Waals surface area contributed by atoms with Gasteiger partial charge in [-0.25, -0.2) is 0 Å². The molecule has 1 amide bonds. The number of rotatable bonds is 6. The van der Waals surface area contributed by atoms with E-state index in [1.165, 1.54) is 43.2 Å². The Bertz CT molecular complexity index is 626. The third-order valence-electron chi connectivity index (χ3n) is 5.96. The lowest BCUT2D eigenvalue weighted by atomic mass is 9.89. The quantitative estimate of drug-likeness (QED) is 0.847. The van der Waals surface area contributed by atoms with E-state index in [1.807, 2.05) is 13.0 Å². The number of nitrogens with one attached hydrogen (secondary N) is 1. The molecule has 144 valence electrons. The number of fused-ring (bicyclic) bond motifs is 1. The Labute approximate surface area is 157 Å². The van der Waals surface area contributed by atoms with Crippen LogP contribution in [0.1, 0.15) is 50.2 Å². The SMILES string of the molecule is COc1cc2c(cc1OC)CN([C@@H](C)C(=O)NCC1CCCCC1)CC2. The van der Waals surface area contributed by atoms with Gasteiger partial charge in [-0.1, -0.05) is 19.3 Å². The van der Waals surface area contributed by atoms with Gasteiger partial charge in [0.05, 0.1) is 20.3 Å². The van der Waals surface area contributed by atoms with E-state index in [1.54, 1.807) is 14.2 Å². The lowest BCUT2D eigenvalue weighted by molar-refractivity contribution is -0.126. The molecule has 0 unspecified atom stereocenters. The molecule has 0 bridgehead atoms. The second-order valence-corrected chi connectivity index (χ2v) is 7.62. The van der Waals surface area contributed by atoms with Gasteiger partial charge in [-0.3, -0.25) is 9.69 Å². The third-order valence-corrected chi connectivity index (χ3v) is 5.96. The van der Waals surface area contributed by atoms with Crippen molar-refractivity contribution in [1.82, 2.24) is 10.2 Å². The highest BCUT2D eigenvalue weighted by Gasteiger charge is 2.27. The molecule has 1 atom stereocenters. The van der Waals surface area contributed by atoms with Gasteiger partial charge in [-0.05, 0) is 55.4 Å². The topological polar surface area (TPSA) is 50.8 Å². The average molecular weight is 360 g/mol. The van der Waals surface area contributed by atoms with Crippen LogP contribution in [0.15, 0.2) is 12.1 Å². The molecule has 26 heavy (non-hydrogen) atoms. The second kappa shape index (κ2) is 8.76. The van der Waals surface area contributed by atoms with Crippen LogP contribution in [0.2, 0.25) is 0 Å². The maximum atomic E-state index is 12.6. The first-order valence-electron chi connectivity index (χ1n) is 9.88. The molecular weight excluding hydrogens is 328 g/mol. The summed E-state index contributed by atoms with van der Waals surface area (Å²) in [5.41, 5.74) is 2.51. The fourth-order valence-electron chi connectivity index (χ4n) is 4.19. The number of amides is 1. The number of hydrogen-bond acceptors (Lipinski definition) is 4. The first-order chi connectivity index (χ1) is 12.6. The summed E-state index contributed by atoms with van der Waals surface area (Å²) in [6.07, 6.45) is 7.41. The summed E-state index contributed by atoms with van der Waals surface area (Å²) < 4.78 is 10.8. The standard InChI is InChI=1S/C21H32N2O3/c1-15(21(24)22-13-16-7-5-4-6-8-16)23-10-9-17-11-19(25-2)20(26-3)12-18(17)14-23/h11-12,15-16H,4-10,13-14H2,1-3H3,(H,22,24)/t15-/m0/s1. The van der Waals surface area contributed by atoms with Gasteiger partial charge in [0.2, 0.25) is 5.91 Å².